The summed E-state index contributed by atoms with van der Waals surface area (Å²) in [5, 5.41) is 3.60. The zero-order valence-corrected chi connectivity index (χ0v) is 10.5. The van der Waals surface area contributed by atoms with Gasteiger partial charge in [0.2, 0.25) is 0 Å². The van der Waals surface area contributed by atoms with E-state index in [2.05, 4.69) is 31.0 Å². The van der Waals surface area contributed by atoms with Crippen molar-refractivity contribution in [3.63, 3.8) is 0 Å². The van der Waals surface area contributed by atoms with E-state index in [0.29, 0.717) is 6.04 Å². The average Bonchev–Trinajstić information content (AvgIpc) is 2.75. The Bertz CT molecular complexity index is 154. The lowest BCUT2D eigenvalue weighted by Crippen LogP contribution is -2.41. The van der Waals surface area contributed by atoms with Crippen molar-refractivity contribution < 1.29 is 4.74 Å². The van der Waals surface area contributed by atoms with E-state index in [1.807, 2.05) is 0 Å². The first-order valence-corrected chi connectivity index (χ1v) is 6.29. The number of likely N-dealkylation sites (N-methyl/N-ethyl adjacent to an activating group) is 1. The van der Waals surface area contributed by atoms with Crippen LogP contribution in [0.1, 0.15) is 27.2 Å². The highest BCUT2D eigenvalue weighted by Crippen LogP contribution is 2.10. The number of ether oxygens (including phenoxy) is 1. The number of rotatable bonds is 7. The summed E-state index contributed by atoms with van der Waals surface area (Å²) in [6.07, 6.45) is 1.23. The zero-order valence-electron chi connectivity index (χ0n) is 10.5. The molecule has 15 heavy (non-hydrogen) atoms. The van der Waals surface area contributed by atoms with Crippen molar-refractivity contribution >= 4 is 0 Å². The lowest BCUT2D eigenvalue weighted by Gasteiger charge is -2.24. The van der Waals surface area contributed by atoms with Gasteiger partial charge in [0.15, 0.2) is 0 Å². The van der Waals surface area contributed by atoms with Gasteiger partial charge in [0.05, 0.1) is 6.61 Å². The fraction of sp³-hybridized carbons (Fsp3) is 1.00. The van der Waals surface area contributed by atoms with E-state index in [1.165, 1.54) is 6.42 Å². The second-order valence-corrected chi connectivity index (χ2v) is 4.52. The van der Waals surface area contributed by atoms with Gasteiger partial charge in [-0.1, -0.05) is 13.8 Å². The number of hydrogen-bond acceptors (Lipinski definition) is 3. The standard InChI is InChI=1S/C12H26N2O/c1-4-14(5-2)9-11(3)13-8-12-6-7-15-10-12/h11-13H,4-10H2,1-3H3. The van der Waals surface area contributed by atoms with Crippen molar-refractivity contribution in [1.29, 1.82) is 0 Å². The van der Waals surface area contributed by atoms with Crippen molar-refractivity contribution in [2.75, 3.05) is 39.4 Å². The Morgan fingerprint density at radius 3 is 2.67 bits per heavy atom. The third kappa shape index (κ3) is 4.96. The number of nitrogens with one attached hydrogen (secondary N) is 1. The maximum absolute atomic E-state index is 5.36. The summed E-state index contributed by atoms with van der Waals surface area (Å²) in [6, 6.07) is 0.588. The minimum Gasteiger partial charge on any atom is -0.381 e. The Morgan fingerprint density at radius 2 is 2.13 bits per heavy atom. The van der Waals surface area contributed by atoms with E-state index in [-0.39, 0.29) is 0 Å². The first-order chi connectivity index (χ1) is 7.26. The summed E-state index contributed by atoms with van der Waals surface area (Å²) in [6.45, 7) is 13.2. The minimum atomic E-state index is 0.588. The molecule has 2 atom stereocenters. The van der Waals surface area contributed by atoms with Gasteiger partial charge < -0.3 is 15.0 Å². The maximum atomic E-state index is 5.36. The second kappa shape index (κ2) is 7.20. The van der Waals surface area contributed by atoms with E-state index in [1.54, 1.807) is 0 Å². The van der Waals surface area contributed by atoms with E-state index >= 15 is 0 Å². The van der Waals surface area contributed by atoms with Crippen LogP contribution in [0.4, 0.5) is 0 Å². The van der Waals surface area contributed by atoms with Gasteiger partial charge in [-0.05, 0) is 32.4 Å². The molecule has 0 bridgehead atoms. The van der Waals surface area contributed by atoms with Crippen LogP contribution in [-0.4, -0.2) is 50.3 Å². The summed E-state index contributed by atoms with van der Waals surface area (Å²) in [5.74, 6) is 0.740. The predicted molar refractivity (Wildman–Crippen MR) is 64.2 cm³/mol. The highest BCUT2D eigenvalue weighted by atomic mass is 16.5. The molecule has 0 aliphatic carbocycles. The van der Waals surface area contributed by atoms with Crippen LogP contribution in [0, 0.1) is 5.92 Å². The maximum Gasteiger partial charge on any atom is 0.0507 e. The summed E-state index contributed by atoms with van der Waals surface area (Å²) < 4.78 is 5.36. The molecule has 1 heterocycles. The third-order valence-corrected chi connectivity index (χ3v) is 3.21. The van der Waals surface area contributed by atoms with Gasteiger partial charge in [-0.25, -0.2) is 0 Å². The Balaban J connectivity index is 2.08. The summed E-state index contributed by atoms with van der Waals surface area (Å²) in [5.41, 5.74) is 0. The molecule has 1 N–H and O–H groups in total. The largest absolute Gasteiger partial charge is 0.381 e. The molecular formula is C12H26N2O. The molecule has 1 saturated heterocycles. The van der Waals surface area contributed by atoms with Crippen LogP contribution in [0.5, 0.6) is 0 Å². The van der Waals surface area contributed by atoms with E-state index < -0.39 is 0 Å². The van der Waals surface area contributed by atoms with E-state index in [0.717, 1.165) is 45.3 Å². The predicted octanol–water partition coefficient (Wildman–Crippen LogP) is 1.34. The molecule has 3 heteroatoms. The van der Waals surface area contributed by atoms with Gasteiger partial charge in [-0.2, -0.15) is 0 Å². The topological polar surface area (TPSA) is 24.5 Å². The van der Waals surface area contributed by atoms with Crippen LogP contribution in [0.3, 0.4) is 0 Å². The van der Waals surface area contributed by atoms with Crippen LogP contribution >= 0.6 is 0 Å². The second-order valence-electron chi connectivity index (χ2n) is 4.52. The first kappa shape index (κ1) is 12.9. The van der Waals surface area contributed by atoms with Gasteiger partial charge in [0, 0.05) is 25.7 Å². The van der Waals surface area contributed by atoms with Crippen LogP contribution in [0.2, 0.25) is 0 Å². The zero-order chi connectivity index (χ0) is 11.1. The minimum absolute atomic E-state index is 0.588. The number of hydrogen-bond donors (Lipinski definition) is 1. The molecule has 1 aliphatic rings. The van der Waals surface area contributed by atoms with Crippen LogP contribution < -0.4 is 5.32 Å². The molecule has 2 unspecified atom stereocenters. The van der Waals surface area contributed by atoms with Crippen molar-refractivity contribution in [2.45, 2.75) is 33.2 Å². The highest BCUT2D eigenvalue weighted by Gasteiger charge is 2.16. The first-order valence-electron chi connectivity index (χ1n) is 6.29. The van der Waals surface area contributed by atoms with Gasteiger partial charge >= 0.3 is 0 Å². The Labute approximate surface area is 94.2 Å². The molecule has 0 aromatic carbocycles. The van der Waals surface area contributed by atoms with Crippen molar-refractivity contribution in [2.24, 2.45) is 5.92 Å². The smallest absolute Gasteiger partial charge is 0.0507 e. The van der Waals surface area contributed by atoms with Crippen LogP contribution in [0.25, 0.3) is 0 Å². The van der Waals surface area contributed by atoms with Gasteiger partial charge in [0.25, 0.3) is 0 Å². The van der Waals surface area contributed by atoms with Crippen LogP contribution in [-0.2, 0) is 4.74 Å². The average molecular weight is 214 g/mol. The molecule has 0 amide bonds. The molecule has 1 aliphatic heterocycles. The molecule has 90 valence electrons. The molecule has 0 aromatic rings. The summed E-state index contributed by atoms with van der Waals surface area (Å²) in [4.78, 5) is 2.46. The van der Waals surface area contributed by atoms with Crippen molar-refractivity contribution in [3.8, 4) is 0 Å². The summed E-state index contributed by atoms with van der Waals surface area (Å²) >= 11 is 0. The number of nitrogens with zero attached hydrogens (tertiary/aromatic N) is 1. The lowest BCUT2D eigenvalue weighted by atomic mass is 10.1. The SMILES string of the molecule is CCN(CC)CC(C)NCC1CCOC1. The van der Waals surface area contributed by atoms with E-state index in [9.17, 15) is 0 Å². The Hall–Kier alpha value is -0.120. The van der Waals surface area contributed by atoms with Gasteiger partial charge in [-0.15, -0.1) is 0 Å². The molecule has 1 fully saturated rings. The van der Waals surface area contributed by atoms with E-state index in [4.69, 9.17) is 4.74 Å². The molecule has 3 nitrogen and oxygen atoms in total. The monoisotopic (exact) mass is 214 g/mol. The third-order valence-electron chi connectivity index (χ3n) is 3.21. The normalized spacial score (nSPS) is 23.6. The molecule has 0 radical (unpaired) electrons. The van der Waals surface area contributed by atoms with Crippen LogP contribution in [0.15, 0.2) is 0 Å². The Morgan fingerprint density at radius 1 is 1.40 bits per heavy atom. The molecule has 0 saturated carbocycles. The van der Waals surface area contributed by atoms with Crippen molar-refractivity contribution in [3.05, 3.63) is 0 Å². The summed E-state index contributed by atoms with van der Waals surface area (Å²) in [7, 11) is 0. The quantitative estimate of drug-likeness (QED) is 0.692. The molecular weight excluding hydrogens is 188 g/mol. The lowest BCUT2D eigenvalue weighted by molar-refractivity contribution is 0.183. The molecule has 0 aromatic heterocycles. The highest BCUT2D eigenvalue weighted by molar-refractivity contribution is 4.71. The fourth-order valence-corrected chi connectivity index (χ4v) is 2.05. The molecule has 0 spiro atoms. The Kier molecular flexibility index (Phi) is 6.22. The van der Waals surface area contributed by atoms with Gasteiger partial charge in [0.1, 0.15) is 0 Å². The van der Waals surface area contributed by atoms with Gasteiger partial charge in [-0.3, -0.25) is 0 Å². The molecule has 1 rings (SSSR count). The van der Waals surface area contributed by atoms with Crippen molar-refractivity contribution in [1.82, 2.24) is 10.2 Å². The fourth-order valence-electron chi connectivity index (χ4n) is 2.05.